The third-order valence-electron chi connectivity index (χ3n) is 3.10. The van der Waals surface area contributed by atoms with E-state index < -0.39 is 0 Å². The standard InChI is InChI=1S/C16H18N2O2S/c1-4-17-13-6-5-7-15(16(13)18(19)20)21-14-9-8-11(2)10-12(14)3/h5-10,17H,4H2,1-3H3. The van der Waals surface area contributed by atoms with Crippen LogP contribution in [0.4, 0.5) is 11.4 Å². The number of nitro groups is 1. The summed E-state index contributed by atoms with van der Waals surface area (Å²) >= 11 is 1.44. The third-order valence-corrected chi connectivity index (χ3v) is 4.33. The number of anilines is 1. The molecule has 2 aromatic rings. The summed E-state index contributed by atoms with van der Waals surface area (Å²) in [6, 6.07) is 11.5. The van der Waals surface area contributed by atoms with Gasteiger partial charge >= 0.3 is 5.69 Å². The molecule has 21 heavy (non-hydrogen) atoms. The molecule has 0 fully saturated rings. The predicted octanol–water partition coefficient (Wildman–Crippen LogP) is 4.79. The lowest BCUT2D eigenvalue weighted by atomic mass is 10.2. The van der Waals surface area contributed by atoms with Gasteiger partial charge in [-0.05, 0) is 44.5 Å². The molecule has 0 amide bonds. The molecule has 2 rings (SSSR count). The molecule has 5 heteroatoms. The normalized spacial score (nSPS) is 10.4. The van der Waals surface area contributed by atoms with Crippen molar-refractivity contribution in [1.29, 1.82) is 0 Å². The molecule has 0 heterocycles. The number of benzene rings is 2. The Labute approximate surface area is 128 Å². The van der Waals surface area contributed by atoms with Crippen LogP contribution in [0.3, 0.4) is 0 Å². The highest BCUT2D eigenvalue weighted by Crippen LogP contribution is 2.40. The molecule has 0 aromatic heterocycles. The van der Waals surface area contributed by atoms with Crippen LogP contribution >= 0.6 is 11.8 Å². The maximum atomic E-state index is 11.4. The van der Waals surface area contributed by atoms with E-state index in [0.29, 0.717) is 17.1 Å². The summed E-state index contributed by atoms with van der Waals surface area (Å²) in [5.41, 5.74) is 3.03. The van der Waals surface area contributed by atoms with Gasteiger partial charge in [-0.3, -0.25) is 10.1 Å². The second-order valence-corrected chi connectivity index (χ2v) is 5.89. The maximum Gasteiger partial charge on any atom is 0.306 e. The largest absolute Gasteiger partial charge is 0.380 e. The molecule has 4 nitrogen and oxygen atoms in total. The first-order valence-electron chi connectivity index (χ1n) is 6.79. The quantitative estimate of drug-likeness (QED) is 0.637. The van der Waals surface area contributed by atoms with Gasteiger partial charge in [0, 0.05) is 11.4 Å². The van der Waals surface area contributed by atoms with E-state index in [1.807, 2.05) is 39.0 Å². The molecule has 0 radical (unpaired) electrons. The van der Waals surface area contributed by atoms with E-state index in [2.05, 4.69) is 11.4 Å². The highest BCUT2D eigenvalue weighted by molar-refractivity contribution is 7.99. The van der Waals surface area contributed by atoms with E-state index in [1.165, 1.54) is 17.3 Å². The van der Waals surface area contributed by atoms with Gasteiger partial charge in [0.1, 0.15) is 5.69 Å². The average Bonchev–Trinajstić information content (AvgIpc) is 2.42. The second kappa shape index (κ2) is 6.63. The van der Waals surface area contributed by atoms with E-state index in [-0.39, 0.29) is 10.6 Å². The molecule has 0 aliphatic heterocycles. The van der Waals surface area contributed by atoms with Crippen LogP contribution in [0.25, 0.3) is 0 Å². The van der Waals surface area contributed by atoms with Gasteiger partial charge in [0.25, 0.3) is 0 Å². The summed E-state index contributed by atoms with van der Waals surface area (Å²) < 4.78 is 0. The van der Waals surface area contributed by atoms with Gasteiger partial charge in [0.05, 0.1) is 9.82 Å². The second-order valence-electron chi connectivity index (χ2n) is 4.81. The number of hydrogen-bond acceptors (Lipinski definition) is 4. The van der Waals surface area contributed by atoms with Gasteiger partial charge < -0.3 is 5.32 Å². The number of rotatable bonds is 5. The Balaban J connectivity index is 2.43. The van der Waals surface area contributed by atoms with E-state index in [0.717, 1.165) is 10.5 Å². The van der Waals surface area contributed by atoms with Crippen LogP contribution in [-0.2, 0) is 0 Å². The number of para-hydroxylation sites is 1. The SMILES string of the molecule is CCNc1cccc(Sc2ccc(C)cc2C)c1[N+](=O)[O-]. The predicted molar refractivity (Wildman–Crippen MR) is 87.3 cm³/mol. The van der Waals surface area contributed by atoms with Gasteiger partial charge in [-0.15, -0.1) is 0 Å². The minimum atomic E-state index is -0.316. The molecular formula is C16H18N2O2S. The number of nitrogens with one attached hydrogen (secondary N) is 1. The Morgan fingerprint density at radius 2 is 1.95 bits per heavy atom. The molecule has 0 unspecified atom stereocenters. The maximum absolute atomic E-state index is 11.4. The molecule has 0 aliphatic rings. The average molecular weight is 302 g/mol. The molecule has 2 aromatic carbocycles. The van der Waals surface area contributed by atoms with Crippen LogP contribution < -0.4 is 5.32 Å². The van der Waals surface area contributed by atoms with Crippen LogP contribution in [0.5, 0.6) is 0 Å². The smallest absolute Gasteiger partial charge is 0.306 e. The number of aryl methyl sites for hydroxylation is 2. The minimum absolute atomic E-state index is 0.143. The van der Waals surface area contributed by atoms with E-state index in [9.17, 15) is 10.1 Å². The molecule has 0 saturated carbocycles. The fourth-order valence-electron chi connectivity index (χ4n) is 2.16. The van der Waals surface area contributed by atoms with Crippen LogP contribution in [0.2, 0.25) is 0 Å². The summed E-state index contributed by atoms with van der Waals surface area (Å²) in [6.07, 6.45) is 0. The first-order chi connectivity index (χ1) is 10.0. The fraction of sp³-hybridized carbons (Fsp3) is 0.250. The topological polar surface area (TPSA) is 55.2 Å². The number of hydrogen-bond donors (Lipinski definition) is 1. The van der Waals surface area contributed by atoms with Gasteiger partial charge in [-0.1, -0.05) is 35.5 Å². The van der Waals surface area contributed by atoms with Crippen molar-refractivity contribution in [2.45, 2.75) is 30.6 Å². The van der Waals surface area contributed by atoms with Crippen molar-refractivity contribution < 1.29 is 4.92 Å². The zero-order chi connectivity index (χ0) is 15.4. The van der Waals surface area contributed by atoms with E-state index >= 15 is 0 Å². The number of nitro benzene ring substituents is 1. The lowest BCUT2D eigenvalue weighted by Crippen LogP contribution is -2.02. The molecule has 0 bridgehead atoms. The van der Waals surface area contributed by atoms with Crippen LogP contribution in [0.1, 0.15) is 18.1 Å². The molecule has 110 valence electrons. The Kier molecular flexibility index (Phi) is 4.85. The van der Waals surface area contributed by atoms with Gasteiger partial charge in [-0.25, -0.2) is 0 Å². The van der Waals surface area contributed by atoms with Crippen molar-refractivity contribution in [3.05, 3.63) is 57.6 Å². The first-order valence-corrected chi connectivity index (χ1v) is 7.61. The molecule has 0 spiro atoms. The molecule has 0 atom stereocenters. The molecule has 0 saturated heterocycles. The van der Waals surface area contributed by atoms with E-state index in [4.69, 9.17) is 0 Å². The summed E-state index contributed by atoms with van der Waals surface area (Å²) in [5.74, 6) is 0. The highest BCUT2D eigenvalue weighted by Gasteiger charge is 2.20. The van der Waals surface area contributed by atoms with Crippen LogP contribution in [-0.4, -0.2) is 11.5 Å². The monoisotopic (exact) mass is 302 g/mol. The lowest BCUT2D eigenvalue weighted by molar-refractivity contribution is -0.386. The zero-order valence-corrected chi connectivity index (χ0v) is 13.2. The van der Waals surface area contributed by atoms with Gasteiger partial charge in [0.2, 0.25) is 0 Å². The van der Waals surface area contributed by atoms with Crippen molar-refractivity contribution in [3.63, 3.8) is 0 Å². The Morgan fingerprint density at radius 1 is 1.19 bits per heavy atom. The third kappa shape index (κ3) is 3.55. The summed E-state index contributed by atoms with van der Waals surface area (Å²) in [7, 11) is 0. The van der Waals surface area contributed by atoms with Crippen LogP contribution in [0.15, 0.2) is 46.2 Å². The van der Waals surface area contributed by atoms with Crippen molar-refractivity contribution >= 4 is 23.1 Å². The zero-order valence-electron chi connectivity index (χ0n) is 12.3. The Morgan fingerprint density at radius 3 is 2.57 bits per heavy atom. The molecular weight excluding hydrogens is 284 g/mol. The summed E-state index contributed by atoms with van der Waals surface area (Å²) in [6.45, 7) is 6.64. The van der Waals surface area contributed by atoms with Crippen molar-refractivity contribution in [1.82, 2.24) is 0 Å². The molecule has 0 aliphatic carbocycles. The van der Waals surface area contributed by atoms with Gasteiger partial charge in [-0.2, -0.15) is 0 Å². The minimum Gasteiger partial charge on any atom is -0.380 e. The Bertz CT molecular complexity index is 671. The molecule has 1 N–H and O–H groups in total. The van der Waals surface area contributed by atoms with Crippen molar-refractivity contribution in [2.24, 2.45) is 0 Å². The van der Waals surface area contributed by atoms with E-state index in [1.54, 1.807) is 12.1 Å². The Hall–Kier alpha value is -2.01. The van der Waals surface area contributed by atoms with Crippen molar-refractivity contribution in [2.75, 3.05) is 11.9 Å². The fourth-order valence-corrected chi connectivity index (χ4v) is 3.18. The lowest BCUT2D eigenvalue weighted by Gasteiger charge is -2.10. The first kappa shape index (κ1) is 15.4. The summed E-state index contributed by atoms with van der Waals surface area (Å²) in [5, 5.41) is 14.5. The summed E-state index contributed by atoms with van der Waals surface area (Å²) in [4.78, 5) is 12.8. The van der Waals surface area contributed by atoms with Crippen LogP contribution in [0, 0.1) is 24.0 Å². The van der Waals surface area contributed by atoms with Crippen molar-refractivity contribution in [3.8, 4) is 0 Å². The van der Waals surface area contributed by atoms with Gasteiger partial charge in [0.15, 0.2) is 0 Å². The highest BCUT2D eigenvalue weighted by atomic mass is 32.2. The number of nitrogens with zero attached hydrogens (tertiary/aromatic N) is 1.